The zero-order chi connectivity index (χ0) is 22.2. The Morgan fingerprint density at radius 1 is 1.00 bits per heavy atom. The predicted octanol–water partition coefficient (Wildman–Crippen LogP) is 3.14. The maximum absolute atomic E-state index is 13.4. The van der Waals surface area contributed by atoms with Gasteiger partial charge in [-0.3, -0.25) is 14.4 Å². The van der Waals surface area contributed by atoms with Gasteiger partial charge in [-0.2, -0.15) is 0 Å². The standard InChI is InChI=1S/C25H31N3O3/c1-18(2)16-21(27-23(29)20-12-7-4-8-13-20)25(31)28-15-9-14-22(28)24(30)26-17-19-10-5-3-6-11-19/h3-8,10-13,18,21-22H,9,14-17H2,1-2H3,(H,26,30)(H,27,29)/t21-,22-/m0/s1. The van der Waals surface area contributed by atoms with E-state index < -0.39 is 12.1 Å². The third-order valence-corrected chi connectivity index (χ3v) is 5.49. The smallest absolute Gasteiger partial charge is 0.251 e. The maximum Gasteiger partial charge on any atom is 0.251 e. The van der Waals surface area contributed by atoms with Crippen LogP contribution in [-0.4, -0.2) is 41.2 Å². The monoisotopic (exact) mass is 421 g/mol. The molecule has 1 aliphatic rings. The molecule has 1 saturated heterocycles. The van der Waals surface area contributed by atoms with Crippen molar-refractivity contribution in [1.29, 1.82) is 0 Å². The Labute approximate surface area is 184 Å². The van der Waals surface area contributed by atoms with E-state index in [0.717, 1.165) is 12.0 Å². The Bertz CT molecular complexity index is 883. The van der Waals surface area contributed by atoms with Gasteiger partial charge in [-0.05, 0) is 42.9 Å². The van der Waals surface area contributed by atoms with Crippen molar-refractivity contribution < 1.29 is 14.4 Å². The van der Waals surface area contributed by atoms with E-state index in [4.69, 9.17) is 0 Å². The summed E-state index contributed by atoms with van der Waals surface area (Å²) in [6.45, 7) is 4.99. The zero-order valence-electron chi connectivity index (χ0n) is 18.2. The minimum absolute atomic E-state index is 0.146. The summed E-state index contributed by atoms with van der Waals surface area (Å²) in [6, 6.07) is 17.4. The van der Waals surface area contributed by atoms with Gasteiger partial charge in [-0.25, -0.2) is 0 Å². The van der Waals surface area contributed by atoms with E-state index in [0.29, 0.717) is 31.5 Å². The van der Waals surface area contributed by atoms with Crippen LogP contribution >= 0.6 is 0 Å². The second-order valence-electron chi connectivity index (χ2n) is 8.41. The number of benzene rings is 2. The summed E-state index contributed by atoms with van der Waals surface area (Å²) in [5.74, 6) is -0.385. The van der Waals surface area contributed by atoms with Crippen LogP contribution in [0.15, 0.2) is 60.7 Å². The number of carbonyl (C=O) groups is 3. The fourth-order valence-corrected chi connectivity index (χ4v) is 3.93. The Morgan fingerprint density at radius 3 is 2.29 bits per heavy atom. The number of carbonyl (C=O) groups excluding carboxylic acids is 3. The molecule has 2 N–H and O–H groups in total. The molecule has 0 saturated carbocycles. The van der Waals surface area contributed by atoms with E-state index in [1.54, 1.807) is 29.2 Å². The molecule has 164 valence electrons. The highest BCUT2D eigenvalue weighted by Crippen LogP contribution is 2.21. The highest BCUT2D eigenvalue weighted by Gasteiger charge is 2.37. The number of nitrogens with one attached hydrogen (secondary N) is 2. The summed E-state index contributed by atoms with van der Waals surface area (Å²) in [5.41, 5.74) is 1.53. The highest BCUT2D eigenvalue weighted by molar-refractivity contribution is 5.98. The molecule has 1 aliphatic heterocycles. The van der Waals surface area contributed by atoms with Crippen molar-refractivity contribution in [2.24, 2.45) is 5.92 Å². The predicted molar refractivity (Wildman–Crippen MR) is 120 cm³/mol. The number of hydrogen-bond acceptors (Lipinski definition) is 3. The van der Waals surface area contributed by atoms with Gasteiger partial charge in [0.05, 0.1) is 0 Å². The second kappa shape index (κ2) is 10.8. The summed E-state index contributed by atoms with van der Waals surface area (Å²) in [6.07, 6.45) is 1.93. The molecule has 2 aromatic carbocycles. The lowest BCUT2D eigenvalue weighted by molar-refractivity contribution is -0.140. The average molecular weight is 422 g/mol. The fraction of sp³-hybridized carbons (Fsp3) is 0.400. The van der Waals surface area contributed by atoms with Crippen molar-refractivity contribution in [3.05, 3.63) is 71.8 Å². The molecular formula is C25H31N3O3. The van der Waals surface area contributed by atoms with E-state index in [9.17, 15) is 14.4 Å². The van der Waals surface area contributed by atoms with Gasteiger partial charge in [0.2, 0.25) is 11.8 Å². The molecule has 2 atom stereocenters. The third kappa shape index (κ3) is 6.17. The SMILES string of the molecule is CC(C)C[C@H](NC(=O)c1ccccc1)C(=O)N1CCC[C@H]1C(=O)NCc1ccccc1. The molecule has 3 rings (SSSR count). The van der Waals surface area contributed by atoms with Gasteiger partial charge in [0.1, 0.15) is 12.1 Å². The van der Waals surface area contributed by atoms with Gasteiger partial charge in [0, 0.05) is 18.7 Å². The van der Waals surface area contributed by atoms with Gasteiger partial charge >= 0.3 is 0 Å². The molecular weight excluding hydrogens is 390 g/mol. The number of amides is 3. The first-order chi connectivity index (χ1) is 15.0. The van der Waals surface area contributed by atoms with Crippen molar-refractivity contribution in [3.8, 4) is 0 Å². The van der Waals surface area contributed by atoms with Gasteiger partial charge < -0.3 is 15.5 Å². The van der Waals surface area contributed by atoms with Crippen LogP contribution in [0.3, 0.4) is 0 Å². The molecule has 3 amide bonds. The van der Waals surface area contributed by atoms with Crippen LogP contribution < -0.4 is 10.6 Å². The normalized spacial score (nSPS) is 16.7. The molecule has 0 unspecified atom stereocenters. The summed E-state index contributed by atoms with van der Waals surface area (Å²) in [5, 5.41) is 5.85. The molecule has 1 fully saturated rings. The van der Waals surface area contributed by atoms with Gasteiger partial charge in [0.25, 0.3) is 5.91 Å². The van der Waals surface area contributed by atoms with E-state index >= 15 is 0 Å². The molecule has 0 aromatic heterocycles. The topological polar surface area (TPSA) is 78.5 Å². The quantitative estimate of drug-likeness (QED) is 0.687. The molecule has 1 heterocycles. The van der Waals surface area contributed by atoms with Crippen LogP contribution in [-0.2, 0) is 16.1 Å². The highest BCUT2D eigenvalue weighted by atomic mass is 16.2. The van der Waals surface area contributed by atoms with Crippen LogP contribution in [0, 0.1) is 5.92 Å². The minimum atomic E-state index is -0.657. The number of nitrogens with zero attached hydrogens (tertiary/aromatic N) is 1. The molecule has 0 aliphatic carbocycles. The van der Waals surface area contributed by atoms with E-state index in [2.05, 4.69) is 10.6 Å². The average Bonchev–Trinajstić information content (AvgIpc) is 3.27. The zero-order valence-corrected chi connectivity index (χ0v) is 18.2. The van der Waals surface area contributed by atoms with Crippen LogP contribution in [0.2, 0.25) is 0 Å². The van der Waals surface area contributed by atoms with Crippen molar-refractivity contribution in [2.45, 2.75) is 51.7 Å². The number of hydrogen-bond donors (Lipinski definition) is 2. The largest absolute Gasteiger partial charge is 0.350 e. The summed E-state index contributed by atoms with van der Waals surface area (Å²) in [7, 11) is 0. The van der Waals surface area contributed by atoms with Crippen LogP contribution in [0.25, 0.3) is 0 Å². The number of likely N-dealkylation sites (tertiary alicyclic amines) is 1. The summed E-state index contributed by atoms with van der Waals surface area (Å²) >= 11 is 0. The van der Waals surface area contributed by atoms with Gasteiger partial charge in [-0.15, -0.1) is 0 Å². The van der Waals surface area contributed by atoms with Crippen molar-refractivity contribution in [1.82, 2.24) is 15.5 Å². The Morgan fingerprint density at radius 2 is 1.65 bits per heavy atom. The minimum Gasteiger partial charge on any atom is -0.350 e. The third-order valence-electron chi connectivity index (χ3n) is 5.49. The Hall–Kier alpha value is -3.15. The van der Waals surface area contributed by atoms with E-state index in [1.807, 2.05) is 50.2 Å². The van der Waals surface area contributed by atoms with E-state index in [-0.39, 0.29) is 23.6 Å². The van der Waals surface area contributed by atoms with Crippen molar-refractivity contribution in [3.63, 3.8) is 0 Å². The number of rotatable bonds is 8. The summed E-state index contributed by atoms with van der Waals surface area (Å²) in [4.78, 5) is 40.5. The summed E-state index contributed by atoms with van der Waals surface area (Å²) < 4.78 is 0. The first-order valence-corrected chi connectivity index (χ1v) is 10.9. The van der Waals surface area contributed by atoms with Crippen molar-refractivity contribution >= 4 is 17.7 Å². The van der Waals surface area contributed by atoms with Crippen LogP contribution in [0.1, 0.15) is 49.0 Å². The molecule has 0 spiro atoms. The fourth-order valence-electron chi connectivity index (χ4n) is 3.93. The first-order valence-electron chi connectivity index (χ1n) is 10.9. The lowest BCUT2D eigenvalue weighted by atomic mass is 10.0. The van der Waals surface area contributed by atoms with Gasteiger partial charge in [0.15, 0.2) is 0 Å². The first kappa shape index (κ1) is 22.5. The molecule has 31 heavy (non-hydrogen) atoms. The molecule has 0 bridgehead atoms. The second-order valence-corrected chi connectivity index (χ2v) is 8.41. The molecule has 2 aromatic rings. The lowest BCUT2D eigenvalue weighted by Crippen LogP contribution is -2.53. The Kier molecular flexibility index (Phi) is 7.82. The molecule has 6 heteroatoms. The van der Waals surface area contributed by atoms with Crippen LogP contribution in [0.5, 0.6) is 0 Å². The Balaban J connectivity index is 1.67. The maximum atomic E-state index is 13.4. The van der Waals surface area contributed by atoms with E-state index in [1.165, 1.54) is 0 Å². The van der Waals surface area contributed by atoms with Crippen LogP contribution in [0.4, 0.5) is 0 Å². The lowest BCUT2D eigenvalue weighted by Gasteiger charge is -2.29. The molecule has 0 radical (unpaired) electrons. The van der Waals surface area contributed by atoms with Gasteiger partial charge in [-0.1, -0.05) is 62.4 Å². The molecule has 6 nitrogen and oxygen atoms in total. The van der Waals surface area contributed by atoms with Crippen molar-refractivity contribution in [2.75, 3.05) is 6.54 Å².